The van der Waals surface area contributed by atoms with Crippen LogP contribution in [0.4, 0.5) is 5.95 Å². The van der Waals surface area contributed by atoms with Crippen molar-refractivity contribution in [1.82, 2.24) is 36.8 Å². The lowest BCUT2D eigenvalue weighted by molar-refractivity contribution is -0.131. The third-order valence-electron chi connectivity index (χ3n) is 6.09. The molecule has 186 valence electrons. The Bertz CT molecular complexity index is 1560. The number of benzene rings is 2. The summed E-state index contributed by atoms with van der Waals surface area (Å²) in [5.41, 5.74) is 18.7. The van der Waals surface area contributed by atoms with E-state index in [1.165, 1.54) is 24.0 Å². The van der Waals surface area contributed by atoms with Gasteiger partial charge in [0, 0.05) is 31.1 Å². The van der Waals surface area contributed by atoms with Crippen LogP contribution < -0.4 is 32.8 Å². The summed E-state index contributed by atoms with van der Waals surface area (Å²) < 4.78 is 52.9. The highest BCUT2D eigenvalue weighted by Crippen LogP contribution is 2.40. The molecule has 5 rings (SSSR count). The van der Waals surface area contributed by atoms with Gasteiger partial charge in [0.05, 0.1) is 15.9 Å². The Labute approximate surface area is 200 Å². The molecule has 2 aliphatic heterocycles. The number of nitrogens with zero attached hydrogens (tertiary/aromatic N) is 2. The minimum Gasteiger partial charge on any atom is -0.369 e. The van der Waals surface area contributed by atoms with E-state index in [0.717, 1.165) is 0 Å². The first-order chi connectivity index (χ1) is 16.5. The van der Waals surface area contributed by atoms with E-state index >= 15 is 0 Å². The molecule has 0 radical (unpaired) electrons. The molecular weight excluding hydrogens is 498 g/mol. The van der Waals surface area contributed by atoms with Crippen molar-refractivity contribution in [3.63, 3.8) is 0 Å². The van der Waals surface area contributed by atoms with Gasteiger partial charge < -0.3 is 15.6 Å². The molecule has 1 aromatic heterocycles. The van der Waals surface area contributed by atoms with E-state index in [2.05, 4.69) is 31.9 Å². The van der Waals surface area contributed by atoms with Gasteiger partial charge in [-0.15, -0.1) is 0 Å². The van der Waals surface area contributed by atoms with Crippen molar-refractivity contribution in [3.05, 3.63) is 35.9 Å². The fourth-order valence-electron chi connectivity index (χ4n) is 4.36. The summed E-state index contributed by atoms with van der Waals surface area (Å²) in [4.78, 5) is 19.2. The van der Waals surface area contributed by atoms with E-state index in [1.54, 1.807) is 18.2 Å². The molecule has 0 unspecified atom stereocenters. The number of fused-ring (bicyclic) bond motifs is 1. The Balaban J connectivity index is 1.77. The normalized spacial score (nSPS) is 17.7. The third kappa shape index (κ3) is 3.94. The Morgan fingerprint density at radius 3 is 2.37 bits per heavy atom. The van der Waals surface area contributed by atoms with Crippen LogP contribution in [0.3, 0.4) is 0 Å². The number of likely N-dealkylation sites (tertiary alicyclic amines) is 1. The summed E-state index contributed by atoms with van der Waals surface area (Å²) >= 11 is 0. The molecule has 3 heterocycles. The van der Waals surface area contributed by atoms with Crippen molar-refractivity contribution in [1.29, 1.82) is 0 Å². The number of anilines is 1. The summed E-state index contributed by atoms with van der Waals surface area (Å²) in [5, 5.41) is 4.67. The molecule has 0 bridgehead atoms. The Morgan fingerprint density at radius 2 is 1.74 bits per heavy atom. The first-order valence-electron chi connectivity index (χ1n) is 10.4. The highest BCUT2D eigenvalue weighted by atomic mass is 32.2. The molecule has 2 aromatic carbocycles. The maximum atomic E-state index is 13.5. The van der Waals surface area contributed by atoms with Crippen LogP contribution in [-0.2, 0) is 24.7 Å². The van der Waals surface area contributed by atoms with Gasteiger partial charge in [-0.1, -0.05) is 18.2 Å². The molecule has 2 saturated heterocycles. The lowest BCUT2D eigenvalue weighted by atomic mass is 9.96. The predicted molar refractivity (Wildman–Crippen MR) is 126 cm³/mol. The van der Waals surface area contributed by atoms with Crippen LogP contribution in [0.5, 0.6) is 0 Å². The van der Waals surface area contributed by atoms with Gasteiger partial charge in [0.1, 0.15) is 16.3 Å². The molecule has 3 aromatic rings. The largest absolute Gasteiger partial charge is 0.369 e. The fraction of sp³-hybridized carbons (Fsp3) is 0.263. The van der Waals surface area contributed by atoms with Gasteiger partial charge in [-0.3, -0.25) is 4.79 Å². The van der Waals surface area contributed by atoms with Crippen molar-refractivity contribution in [2.24, 2.45) is 5.14 Å². The van der Waals surface area contributed by atoms with Crippen LogP contribution in [0.1, 0.15) is 18.7 Å². The molecular formula is C19H23N9O5S2. The molecule has 9 N–H and O–H groups in total. The van der Waals surface area contributed by atoms with E-state index in [1.807, 2.05) is 0 Å². The first kappa shape index (κ1) is 23.6. The fourth-order valence-corrected chi connectivity index (χ4v) is 7.67. The minimum absolute atomic E-state index is 0.0340. The monoisotopic (exact) mass is 521 g/mol. The van der Waals surface area contributed by atoms with Gasteiger partial charge in [0.2, 0.25) is 15.9 Å². The average molecular weight is 522 g/mol. The molecule has 0 aliphatic carbocycles. The number of nitrogens with two attached hydrogens (primary N) is 2. The van der Waals surface area contributed by atoms with Crippen LogP contribution in [0.2, 0.25) is 0 Å². The minimum atomic E-state index is -4.56. The molecule has 2 fully saturated rings. The highest BCUT2D eigenvalue weighted by Gasteiger charge is 2.43. The van der Waals surface area contributed by atoms with Crippen molar-refractivity contribution < 1.29 is 21.6 Å². The quantitative estimate of drug-likeness (QED) is 0.207. The second-order valence-corrected chi connectivity index (χ2v) is 12.0. The number of carbonyl (C=O) groups is 1. The summed E-state index contributed by atoms with van der Waals surface area (Å²) in [7, 11) is -8.72. The molecule has 2 aliphatic rings. The molecule has 1 amide bonds. The highest BCUT2D eigenvalue weighted by molar-refractivity contribution is 7.94. The number of hydrazine groups is 3. The first-order valence-corrected chi connectivity index (χ1v) is 13.5. The maximum Gasteiger partial charge on any atom is 0.239 e. The lowest BCUT2D eigenvalue weighted by Gasteiger charge is -2.38. The van der Waals surface area contributed by atoms with Gasteiger partial charge in [-0.05, 0) is 17.7 Å². The topological polar surface area (TPSA) is 217 Å². The van der Waals surface area contributed by atoms with Gasteiger partial charge in [-0.2, -0.15) is 11.1 Å². The zero-order chi connectivity index (χ0) is 25.1. The van der Waals surface area contributed by atoms with Crippen LogP contribution in [-0.4, -0.2) is 56.0 Å². The molecule has 16 heteroatoms. The van der Waals surface area contributed by atoms with Crippen molar-refractivity contribution in [2.45, 2.75) is 28.1 Å². The number of H-pyrrole nitrogens is 1. The van der Waals surface area contributed by atoms with Crippen molar-refractivity contribution in [2.75, 3.05) is 18.8 Å². The molecule has 35 heavy (non-hydrogen) atoms. The number of amides is 1. The van der Waals surface area contributed by atoms with Gasteiger partial charge in [0.15, 0.2) is 15.8 Å². The van der Waals surface area contributed by atoms with Gasteiger partial charge >= 0.3 is 0 Å². The summed E-state index contributed by atoms with van der Waals surface area (Å²) in [6, 6.07) is 7.95. The van der Waals surface area contributed by atoms with E-state index < -0.39 is 41.1 Å². The van der Waals surface area contributed by atoms with E-state index in [-0.39, 0.29) is 30.5 Å². The zero-order valence-electron chi connectivity index (χ0n) is 18.4. The number of sulfonamides is 1. The Morgan fingerprint density at radius 1 is 1.06 bits per heavy atom. The van der Waals surface area contributed by atoms with Crippen molar-refractivity contribution >= 4 is 42.7 Å². The number of nitrogens with one attached hydrogen (secondary N) is 5. The number of para-hydroxylation sites is 1. The van der Waals surface area contributed by atoms with Crippen LogP contribution >= 0.6 is 0 Å². The van der Waals surface area contributed by atoms with E-state index in [9.17, 15) is 21.6 Å². The van der Waals surface area contributed by atoms with Crippen LogP contribution in [0, 0.1) is 0 Å². The molecule has 0 spiro atoms. The van der Waals surface area contributed by atoms with E-state index in [4.69, 9.17) is 10.9 Å². The zero-order valence-corrected chi connectivity index (χ0v) is 20.0. The average Bonchev–Trinajstić information content (AvgIpc) is 3.39. The number of nitrogen functional groups attached to an aromatic ring is 1. The van der Waals surface area contributed by atoms with Gasteiger partial charge in [-0.25, -0.2) is 37.8 Å². The number of carbonyl (C=O) groups excluding carboxylic acids is 1. The smallest absolute Gasteiger partial charge is 0.239 e. The van der Waals surface area contributed by atoms with E-state index in [0.29, 0.717) is 22.2 Å². The number of hydrogen-bond donors (Lipinski definition) is 7. The Hall–Kier alpha value is -3.12. The van der Waals surface area contributed by atoms with Crippen LogP contribution in [0.15, 0.2) is 40.1 Å². The number of imidazole rings is 1. The molecule has 0 atom stereocenters. The van der Waals surface area contributed by atoms with Crippen LogP contribution in [0.25, 0.3) is 22.2 Å². The number of aromatic amines is 1. The number of sulfone groups is 1. The number of aromatic nitrogens is 2. The predicted octanol–water partition coefficient (Wildman–Crippen LogP) is -1.42. The second-order valence-electron chi connectivity index (χ2n) is 8.29. The summed E-state index contributed by atoms with van der Waals surface area (Å²) in [6.07, 6.45) is -0.893. The lowest BCUT2D eigenvalue weighted by Crippen LogP contribution is -2.56. The Kier molecular flexibility index (Phi) is 5.55. The van der Waals surface area contributed by atoms with Crippen molar-refractivity contribution in [3.8, 4) is 11.1 Å². The van der Waals surface area contributed by atoms with Gasteiger partial charge in [0.25, 0.3) is 0 Å². The number of hydrogen-bond acceptors (Lipinski definition) is 11. The summed E-state index contributed by atoms with van der Waals surface area (Å²) in [6.45, 7) is 1.27. The molecule has 0 saturated carbocycles. The SMILES string of the molecule is CC(=O)N1CC(S(=O)(=O)c2ccc(-c3cccc4[nH]c(N)nc34)c(C3NNNN3)c2S(N)(=O)=O)C1. The second kappa shape index (κ2) is 8.23. The third-order valence-corrected chi connectivity index (χ3v) is 9.36. The number of primary sulfonamides is 1. The maximum absolute atomic E-state index is 13.5. The number of rotatable bonds is 5. The molecule has 14 nitrogen and oxygen atoms in total. The summed E-state index contributed by atoms with van der Waals surface area (Å²) in [5.74, 6) is -0.0950. The standard InChI is InChI=1S/C19H23N9O5S2/c1-9(29)28-7-10(8-28)34(30,31)14-6-5-11(12-3-2-4-13-16(12)23-19(20)22-13)15(17(14)35(21,32)33)18-24-26-27-25-18/h2-6,10,18,24-27H,7-8H2,1H3,(H3,20,22,23)(H2,21,32,33).